The van der Waals surface area contributed by atoms with Crippen molar-refractivity contribution in [1.82, 2.24) is 0 Å². The lowest BCUT2D eigenvalue weighted by atomic mass is 10.0. The van der Waals surface area contributed by atoms with Gasteiger partial charge in [-0.3, -0.25) is 4.79 Å². The molecule has 2 heteroatoms. The lowest BCUT2D eigenvalue weighted by molar-refractivity contribution is 0.109. The topological polar surface area (TPSA) is 17.1 Å². The molecule has 0 bridgehead atoms. The molecule has 0 fully saturated rings. The maximum Gasteiger partial charge on any atom is 0.216 e. The molecule has 0 spiro atoms. The molecule has 1 aromatic carbocycles. The summed E-state index contributed by atoms with van der Waals surface area (Å²) in [5.74, 6) is 0. The number of carbonyl (C=O) groups is 1. The summed E-state index contributed by atoms with van der Waals surface area (Å²) >= 11 is 3.80. The second-order valence-electron chi connectivity index (χ2n) is 4.52. The van der Waals surface area contributed by atoms with Crippen LogP contribution in [-0.2, 0) is 6.42 Å². The van der Waals surface area contributed by atoms with Crippen molar-refractivity contribution in [2.75, 3.05) is 0 Å². The molecule has 0 aliphatic rings. The Morgan fingerprint density at radius 1 is 1.00 bits per heavy atom. The standard InChI is InChI=1S/C15H22OS/c1-2-3-4-5-6-7-8-13-9-11-14(12-10-13)15(16)17/h9-12H,2-8H2,1H3,(H,16,17). The van der Waals surface area contributed by atoms with E-state index >= 15 is 0 Å². The van der Waals surface area contributed by atoms with Crippen molar-refractivity contribution in [3.63, 3.8) is 0 Å². The molecule has 0 atom stereocenters. The van der Waals surface area contributed by atoms with Crippen LogP contribution in [0.25, 0.3) is 0 Å². The highest BCUT2D eigenvalue weighted by molar-refractivity contribution is 7.97. The summed E-state index contributed by atoms with van der Waals surface area (Å²) in [6, 6.07) is 7.80. The van der Waals surface area contributed by atoms with Gasteiger partial charge in [0.25, 0.3) is 0 Å². The van der Waals surface area contributed by atoms with E-state index < -0.39 is 0 Å². The fourth-order valence-corrected chi connectivity index (χ4v) is 2.07. The van der Waals surface area contributed by atoms with E-state index in [1.165, 1.54) is 44.1 Å². The molecule has 17 heavy (non-hydrogen) atoms. The minimum atomic E-state index is -0.156. The third-order valence-corrected chi connectivity index (χ3v) is 3.28. The average molecular weight is 250 g/mol. The maximum atomic E-state index is 11.0. The Bertz CT molecular complexity index is 329. The third-order valence-electron chi connectivity index (χ3n) is 3.02. The van der Waals surface area contributed by atoms with Gasteiger partial charge in [0.05, 0.1) is 0 Å². The molecule has 0 aliphatic heterocycles. The average Bonchev–Trinajstić information content (AvgIpc) is 2.34. The smallest absolute Gasteiger partial charge is 0.216 e. The number of rotatable bonds is 8. The number of hydrogen-bond donors (Lipinski definition) is 1. The Kier molecular flexibility index (Phi) is 7.02. The van der Waals surface area contributed by atoms with Crippen molar-refractivity contribution in [3.05, 3.63) is 35.4 Å². The van der Waals surface area contributed by atoms with E-state index in [-0.39, 0.29) is 5.12 Å². The number of aryl methyl sites for hydroxylation is 1. The third kappa shape index (κ3) is 5.92. The summed E-state index contributed by atoms with van der Waals surface area (Å²) in [4.78, 5) is 11.0. The molecule has 1 aromatic rings. The van der Waals surface area contributed by atoms with Crippen LogP contribution in [0.15, 0.2) is 24.3 Å². The van der Waals surface area contributed by atoms with Crippen LogP contribution in [-0.4, -0.2) is 5.12 Å². The van der Waals surface area contributed by atoms with E-state index in [1.54, 1.807) is 0 Å². The minimum Gasteiger partial charge on any atom is -0.282 e. The molecular formula is C15H22OS. The molecule has 0 aromatic heterocycles. The van der Waals surface area contributed by atoms with Gasteiger partial charge in [0.2, 0.25) is 5.12 Å². The number of benzene rings is 1. The zero-order valence-corrected chi connectivity index (χ0v) is 11.5. The van der Waals surface area contributed by atoms with Crippen LogP contribution in [0.2, 0.25) is 0 Å². The first-order valence-corrected chi connectivity index (χ1v) is 7.01. The molecule has 94 valence electrons. The van der Waals surface area contributed by atoms with Crippen LogP contribution >= 0.6 is 12.6 Å². The van der Waals surface area contributed by atoms with Crippen LogP contribution in [0.1, 0.15) is 61.4 Å². The van der Waals surface area contributed by atoms with E-state index in [0.717, 1.165) is 6.42 Å². The van der Waals surface area contributed by atoms with Gasteiger partial charge in [-0.15, -0.1) is 12.6 Å². The Balaban J connectivity index is 2.21. The molecule has 0 unspecified atom stereocenters. The highest BCUT2D eigenvalue weighted by atomic mass is 32.1. The lowest BCUT2D eigenvalue weighted by Crippen LogP contribution is -1.91. The molecule has 0 saturated carbocycles. The number of thiol groups is 1. The van der Waals surface area contributed by atoms with Crippen molar-refractivity contribution < 1.29 is 4.79 Å². The van der Waals surface area contributed by atoms with E-state index in [9.17, 15) is 4.79 Å². The van der Waals surface area contributed by atoms with Crippen LogP contribution in [0.4, 0.5) is 0 Å². The molecular weight excluding hydrogens is 228 g/mol. The Morgan fingerprint density at radius 3 is 2.18 bits per heavy atom. The molecule has 0 heterocycles. The van der Waals surface area contributed by atoms with Crippen molar-refractivity contribution in [2.24, 2.45) is 0 Å². The second-order valence-corrected chi connectivity index (χ2v) is 4.93. The highest BCUT2D eigenvalue weighted by Gasteiger charge is 1.99. The summed E-state index contributed by atoms with van der Waals surface area (Å²) in [7, 11) is 0. The summed E-state index contributed by atoms with van der Waals surface area (Å²) < 4.78 is 0. The van der Waals surface area contributed by atoms with Gasteiger partial charge in [0, 0.05) is 5.56 Å². The van der Waals surface area contributed by atoms with Crippen LogP contribution in [0.3, 0.4) is 0 Å². The summed E-state index contributed by atoms with van der Waals surface area (Å²) in [6.07, 6.45) is 9.06. The van der Waals surface area contributed by atoms with Gasteiger partial charge in [-0.2, -0.15) is 0 Å². The fraction of sp³-hybridized carbons (Fsp3) is 0.533. The van der Waals surface area contributed by atoms with Gasteiger partial charge in [-0.25, -0.2) is 0 Å². The highest BCUT2D eigenvalue weighted by Crippen LogP contribution is 2.11. The van der Waals surface area contributed by atoms with Gasteiger partial charge >= 0.3 is 0 Å². The maximum absolute atomic E-state index is 11.0. The van der Waals surface area contributed by atoms with E-state index in [0.29, 0.717) is 5.56 Å². The summed E-state index contributed by atoms with van der Waals surface area (Å²) in [5, 5.41) is -0.156. The SMILES string of the molecule is CCCCCCCCc1ccc(C(=O)S)cc1. The minimum absolute atomic E-state index is 0.156. The summed E-state index contributed by atoms with van der Waals surface area (Å²) in [5.41, 5.74) is 2.00. The van der Waals surface area contributed by atoms with Gasteiger partial charge in [-0.1, -0.05) is 63.3 Å². The zero-order chi connectivity index (χ0) is 12.5. The quantitative estimate of drug-likeness (QED) is 0.524. The van der Waals surface area contributed by atoms with Crippen LogP contribution < -0.4 is 0 Å². The molecule has 1 nitrogen and oxygen atoms in total. The second kappa shape index (κ2) is 8.35. The van der Waals surface area contributed by atoms with Gasteiger partial charge < -0.3 is 0 Å². The fourth-order valence-electron chi connectivity index (χ4n) is 1.92. The van der Waals surface area contributed by atoms with E-state index in [2.05, 4.69) is 19.6 Å². The van der Waals surface area contributed by atoms with Gasteiger partial charge in [0.15, 0.2) is 0 Å². The number of carbonyl (C=O) groups excluding carboxylic acids is 1. The normalized spacial score (nSPS) is 10.5. The van der Waals surface area contributed by atoms with E-state index in [1.807, 2.05) is 24.3 Å². The first-order chi connectivity index (χ1) is 8.24. The molecule has 0 saturated heterocycles. The Morgan fingerprint density at radius 2 is 1.59 bits per heavy atom. The monoisotopic (exact) mass is 250 g/mol. The first-order valence-electron chi connectivity index (χ1n) is 6.56. The first kappa shape index (κ1) is 14.3. The van der Waals surface area contributed by atoms with Crippen molar-refractivity contribution in [1.29, 1.82) is 0 Å². The zero-order valence-electron chi connectivity index (χ0n) is 10.6. The Labute approximate surface area is 110 Å². The lowest BCUT2D eigenvalue weighted by Gasteiger charge is -2.02. The predicted octanol–water partition coefficient (Wildman–Crippen LogP) is 4.66. The number of hydrogen-bond acceptors (Lipinski definition) is 1. The van der Waals surface area contributed by atoms with Crippen molar-refractivity contribution >= 4 is 17.7 Å². The predicted molar refractivity (Wildman–Crippen MR) is 76.8 cm³/mol. The van der Waals surface area contributed by atoms with Crippen molar-refractivity contribution in [3.8, 4) is 0 Å². The largest absolute Gasteiger partial charge is 0.282 e. The molecule has 0 radical (unpaired) electrons. The van der Waals surface area contributed by atoms with Crippen molar-refractivity contribution in [2.45, 2.75) is 51.9 Å². The molecule has 1 rings (SSSR count). The number of unbranched alkanes of at least 4 members (excludes halogenated alkanes) is 5. The Hall–Kier alpha value is -0.760. The van der Waals surface area contributed by atoms with Crippen LogP contribution in [0, 0.1) is 0 Å². The molecule has 0 aliphatic carbocycles. The van der Waals surface area contributed by atoms with Gasteiger partial charge in [0.1, 0.15) is 0 Å². The molecule has 0 N–H and O–H groups in total. The van der Waals surface area contributed by atoms with Crippen LogP contribution in [0.5, 0.6) is 0 Å². The van der Waals surface area contributed by atoms with E-state index in [4.69, 9.17) is 0 Å². The summed E-state index contributed by atoms with van der Waals surface area (Å²) in [6.45, 7) is 2.24. The molecule has 0 amide bonds. The van der Waals surface area contributed by atoms with Gasteiger partial charge in [-0.05, 0) is 18.4 Å².